The number of nitrogens with one attached hydrogen (secondary N) is 2. The number of primary amides is 1. The number of hydrogen-bond acceptors (Lipinski definition) is 3. The van der Waals surface area contributed by atoms with Crippen LogP contribution in [0.15, 0.2) is 30.3 Å². The van der Waals surface area contributed by atoms with Crippen LogP contribution in [0, 0.1) is 11.6 Å². The summed E-state index contributed by atoms with van der Waals surface area (Å²) in [6.45, 7) is 8.64. The number of amides is 2. The molecule has 0 saturated carbocycles. The summed E-state index contributed by atoms with van der Waals surface area (Å²) in [5, 5.41) is 10.4. The summed E-state index contributed by atoms with van der Waals surface area (Å²) < 4.78 is 31.9. The Balaban J connectivity index is 0.00000306. The minimum Gasteiger partial charge on any atom is -0.351 e. The fourth-order valence-electron chi connectivity index (χ4n) is 4.40. The zero-order chi connectivity index (χ0) is 23.2. The summed E-state index contributed by atoms with van der Waals surface area (Å²) in [6.07, 6.45) is 1.54. The van der Waals surface area contributed by atoms with Crippen LogP contribution in [0.4, 0.5) is 19.3 Å². The molecule has 9 heteroatoms. The van der Waals surface area contributed by atoms with E-state index < -0.39 is 23.2 Å². The second-order valence-electron chi connectivity index (χ2n) is 8.50. The average molecular weight is 476 g/mol. The first kappa shape index (κ1) is 24.7. The van der Waals surface area contributed by atoms with Crippen LogP contribution >= 0.6 is 12.4 Å². The van der Waals surface area contributed by atoms with Crippen molar-refractivity contribution < 1.29 is 13.6 Å². The number of hydrogen-bond donors (Lipinski definition) is 3. The van der Waals surface area contributed by atoms with Crippen molar-refractivity contribution in [2.45, 2.75) is 52.6 Å². The lowest BCUT2D eigenvalue weighted by atomic mass is 9.98. The van der Waals surface area contributed by atoms with Gasteiger partial charge in [-0.05, 0) is 43.9 Å². The summed E-state index contributed by atoms with van der Waals surface area (Å²) in [4.78, 5) is 11.2. The molecule has 2 aromatic carbocycles. The van der Waals surface area contributed by atoms with Crippen LogP contribution in [0.5, 0.6) is 0 Å². The van der Waals surface area contributed by atoms with Crippen LogP contribution in [0.1, 0.15) is 50.1 Å². The van der Waals surface area contributed by atoms with Crippen molar-refractivity contribution in [1.29, 1.82) is 0 Å². The maximum Gasteiger partial charge on any atom is 0.316 e. The first-order valence-electron chi connectivity index (χ1n) is 10.7. The summed E-state index contributed by atoms with van der Waals surface area (Å²) in [7, 11) is 0. The van der Waals surface area contributed by atoms with Gasteiger partial charge in [0.2, 0.25) is 0 Å². The van der Waals surface area contributed by atoms with Crippen molar-refractivity contribution in [3.05, 3.63) is 64.4 Å². The zero-order valence-corrected chi connectivity index (χ0v) is 19.9. The number of aryl methyl sites for hydroxylation is 2. The van der Waals surface area contributed by atoms with Crippen molar-refractivity contribution >= 4 is 24.1 Å². The number of nitrogens with two attached hydrogens (primary N) is 1. The van der Waals surface area contributed by atoms with Gasteiger partial charge in [-0.25, -0.2) is 18.3 Å². The van der Waals surface area contributed by atoms with Gasteiger partial charge in [0.15, 0.2) is 0 Å². The fourth-order valence-corrected chi connectivity index (χ4v) is 4.40. The SMILES string of the molecule is CCc1cccc(CC)c1-n1nc2c(c1-c1cc(F)c(NC(N)=O)cc1F)CNC2(C)C.Cl. The van der Waals surface area contributed by atoms with Gasteiger partial charge in [0, 0.05) is 23.7 Å². The number of fused-ring (bicyclic) bond motifs is 1. The Morgan fingerprint density at radius 2 is 1.82 bits per heavy atom. The van der Waals surface area contributed by atoms with E-state index in [9.17, 15) is 9.18 Å². The molecular weight excluding hydrogens is 448 g/mol. The molecule has 6 nitrogen and oxygen atoms in total. The van der Waals surface area contributed by atoms with E-state index in [1.807, 2.05) is 32.0 Å². The maximum absolute atomic E-state index is 15.3. The highest BCUT2D eigenvalue weighted by molar-refractivity contribution is 5.88. The van der Waals surface area contributed by atoms with Gasteiger partial charge in [0.25, 0.3) is 0 Å². The Morgan fingerprint density at radius 3 is 2.39 bits per heavy atom. The van der Waals surface area contributed by atoms with Crippen molar-refractivity contribution in [2.24, 2.45) is 5.73 Å². The van der Waals surface area contributed by atoms with Gasteiger partial charge in [-0.15, -0.1) is 12.4 Å². The predicted molar refractivity (Wildman–Crippen MR) is 128 cm³/mol. The lowest BCUT2D eigenvalue weighted by Gasteiger charge is -2.20. The zero-order valence-electron chi connectivity index (χ0n) is 19.1. The molecule has 1 aliphatic heterocycles. The number of para-hydroxylation sites is 1. The fraction of sp³-hybridized carbons (Fsp3) is 0.333. The van der Waals surface area contributed by atoms with Gasteiger partial charge in [-0.3, -0.25) is 0 Å². The number of halogens is 3. The second kappa shape index (κ2) is 9.11. The number of carbonyl (C=O) groups excluding carboxylic acids is 1. The van der Waals surface area contributed by atoms with E-state index in [1.165, 1.54) is 0 Å². The standard InChI is InChI=1S/C24H27F2N5O.ClH/c1-5-13-8-7-9-14(6-2)20(13)31-21(16-12-28-24(3,4)22(16)30-31)15-10-18(26)19(11-17(15)25)29-23(27)32;/h7-11,28H,5-6,12H2,1-4H3,(H3,27,29,32);1H. The molecule has 0 spiro atoms. The predicted octanol–water partition coefficient (Wildman–Crippen LogP) is 5.19. The minimum atomic E-state index is -0.961. The van der Waals surface area contributed by atoms with E-state index in [2.05, 4.69) is 24.5 Å². The minimum absolute atomic E-state index is 0. The van der Waals surface area contributed by atoms with Crippen molar-refractivity contribution in [3.63, 3.8) is 0 Å². The third kappa shape index (κ3) is 4.20. The molecule has 4 rings (SSSR count). The molecule has 0 radical (unpaired) electrons. The molecular formula is C24H28ClF2N5O. The first-order chi connectivity index (χ1) is 15.2. The van der Waals surface area contributed by atoms with Gasteiger partial charge in [0.1, 0.15) is 11.6 Å². The van der Waals surface area contributed by atoms with Crippen LogP contribution in [0.3, 0.4) is 0 Å². The summed E-state index contributed by atoms with van der Waals surface area (Å²) in [5.74, 6) is -1.44. The van der Waals surface area contributed by atoms with Gasteiger partial charge >= 0.3 is 6.03 Å². The largest absolute Gasteiger partial charge is 0.351 e. The van der Waals surface area contributed by atoms with E-state index in [0.29, 0.717) is 12.2 Å². The topological polar surface area (TPSA) is 85.0 Å². The highest BCUT2D eigenvalue weighted by Crippen LogP contribution is 2.41. The molecule has 0 bridgehead atoms. The Bertz CT molecular complexity index is 1200. The Kier molecular flexibility index (Phi) is 6.81. The van der Waals surface area contributed by atoms with E-state index >= 15 is 4.39 Å². The number of rotatable bonds is 5. The molecule has 0 unspecified atom stereocenters. The highest BCUT2D eigenvalue weighted by Gasteiger charge is 2.37. The lowest BCUT2D eigenvalue weighted by Crippen LogP contribution is -2.30. The number of nitrogens with zero attached hydrogens (tertiary/aromatic N) is 2. The van der Waals surface area contributed by atoms with Crippen LogP contribution in [0.2, 0.25) is 0 Å². The summed E-state index contributed by atoms with van der Waals surface area (Å²) >= 11 is 0. The Morgan fingerprint density at radius 1 is 1.18 bits per heavy atom. The molecule has 0 saturated heterocycles. The lowest BCUT2D eigenvalue weighted by molar-refractivity contribution is 0.259. The molecule has 1 aliphatic rings. The Labute approximate surface area is 198 Å². The second-order valence-corrected chi connectivity index (χ2v) is 8.50. The molecule has 2 heterocycles. The molecule has 0 aliphatic carbocycles. The van der Waals surface area contributed by atoms with Gasteiger partial charge in [-0.2, -0.15) is 5.10 Å². The maximum atomic E-state index is 15.3. The molecule has 0 atom stereocenters. The van der Waals surface area contributed by atoms with Crippen LogP contribution in [-0.2, 0) is 24.9 Å². The monoisotopic (exact) mass is 475 g/mol. The third-order valence-electron chi connectivity index (χ3n) is 6.03. The molecule has 3 aromatic rings. The van der Waals surface area contributed by atoms with Gasteiger partial charge in [0.05, 0.1) is 28.3 Å². The van der Waals surface area contributed by atoms with Crippen LogP contribution < -0.4 is 16.4 Å². The molecule has 1 aromatic heterocycles. The van der Waals surface area contributed by atoms with Crippen molar-refractivity contribution in [3.8, 4) is 16.9 Å². The number of carbonyl (C=O) groups is 1. The third-order valence-corrected chi connectivity index (χ3v) is 6.03. The smallest absolute Gasteiger partial charge is 0.316 e. The average Bonchev–Trinajstić information content (AvgIpc) is 3.26. The molecule has 2 amide bonds. The number of urea groups is 1. The number of anilines is 1. The molecule has 0 fully saturated rings. The number of benzene rings is 2. The van der Waals surface area contributed by atoms with E-state index in [4.69, 9.17) is 10.8 Å². The summed E-state index contributed by atoms with van der Waals surface area (Å²) in [6, 6.07) is 7.17. The quantitative estimate of drug-likeness (QED) is 0.474. The van der Waals surface area contributed by atoms with Crippen molar-refractivity contribution in [2.75, 3.05) is 5.32 Å². The van der Waals surface area contributed by atoms with E-state index in [1.54, 1.807) is 4.68 Å². The van der Waals surface area contributed by atoms with Gasteiger partial charge in [-0.1, -0.05) is 32.0 Å². The Hall–Kier alpha value is -2.97. The molecule has 33 heavy (non-hydrogen) atoms. The van der Waals surface area contributed by atoms with Crippen LogP contribution in [-0.4, -0.2) is 15.8 Å². The molecule has 4 N–H and O–H groups in total. The highest BCUT2D eigenvalue weighted by atomic mass is 35.5. The summed E-state index contributed by atoms with van der Waals surface area (Å²) in [5.41, 5.74) is 9.64. The van der Waals surface area contributed by atoms with Crippen molar-refractivity contribution in [1.82, 2.24) is 15.1 Å². The normalized spacial score (nSPS) is 14.0. The van der Waals surface area contributed by atoms with Crippen LogP contribution in [0.25, 0.3) is 16.9 Å². The first-order valence-corrected chi connectivity index (χ1v) is 10.7. The van der Waals surface area contributed by atoms with E-state index in [-0.39, 0.29) is 23.7 Å². The van der Waals surface area contributed by atoms with Gasteiger partial charge < -0.3 is 16.4 Å². The van der Waals surface area contributed by atoms with E-state index in [0.717, 1.165) is 53.0 Å². The number of aromatic nitrogens is 2. The molecule has 176 valence electrons.